The van der Waals surface area contributed by atoms with Crippen LogP contribution < -0.4 is 10.6 Å². The van der Waals surface area contributed by atoms with Crippen LogP contribution in [-0.2, 0) is 6.54 Å². The molecule has 3 atom stereocenters. The highest BCUT2D eigenvalue weighted by atomic mass is 32.1. The molecule has 1 saturated carbocycles. The summed E-state index contributed by atoms with van der Waals surface area (Å²) in [6.45, 7) is 4.88. The number of anilines is 2. The van der Waals surface area contributed by atoms with Crippen molar-refractivity contribution in [1.82, 2.24) is 24.9 Å². The van der Waals surface area contributed by atoms with Gasteiger partial charge in [0.15, 0.2) is 0 Å². The molecule has 1 aliphatic rings. The third-order valence-electron chi connectivity index (χ3n) is 6.18. The average molecular weight is 462 g/mol. The molecule has 9 heteroatoms. The van der Waals surface area contributed by atoms with Crippen LogP contribution in [0.4, 0.5) is 11.8 Å². The van der Waals surface area contributed by atoms with Crippen LogP contribution in [0, 0.1) is 18.8 Å². The zero-order valence-corrected chi connectivity index (χ0v) is 19.5. The minimum atomic E-state index is 0.222. The molecular weight excluding hydrogens is 434 g/mol. The molecule has 1 aromatic carbocycles. The molecule has 1 fully saturated rings. The number of nitrogens with one attached hydrogen (secondary N) is 2. The Morgan fingerprint density at radius 1 is 1.06 bits per heavy atom. The van der Waals surface area contributed by atoms with Gasteiger partial charge in [0.25, 0.3) is 0 Å². The fourth-order valence-electron chi connectivity index (χ4n) is 4.47. The summed E-state index contributed by atoms with van der Waals surface area (Å²) in [6.07, 6.45) is 5.36. The van der Waals surface area contributed by atoms with E-state index < -0.39 is 0 Å². The number of thiazole rings is 1. The second-order valence-corrected chi connectivity index (χ2v) is 9.64. The van der Waals surface area contributed by atoms with Gasteiger partial charge in [-0.1, -0.05) is 19.1 Å². The minimum absolute atomic E-state index is 0.222. The van der Waals surface area contributed by atoms with Crippen LogP contribution in [0.2, 0.25) is 0 Å². The molecule has 0 saturated heterocycles. The van der Waals surface area contributed by atoms with Crippen LogP contribution in [0.1, 0.15) is 31.3 Å². The van der Waals surface area contributed by atoms with E-state index in [1.165, 1.54) is 0 Å². The number of rotatable bonds is 7. The number of hydrogen-bond acceptors (Lipinski definition) is 9. The fraction of sp³-hybridized carbons (Fsp3) is 0.375. The van der Waals surface area contributed by atoms with Crippen molar-refractivity contribution >= 4 is 33.3 Å². The van der Waals surface area contributed by atoms with E-state index in [9.17, 15) is 5.11 Å². The number of aliphatic hydroxyl groups excluding tert-OH is 1. The third-order valence-corrected chi connectivity index (χ3v) is 7.24. The maximum atomic E-state index is 9.66. The monoisotopic (exact) mass is 461 g/mol. The van der Waals surface area contributed by atoms with Gasteiger partial charge in [-0.05, 0) is 49.8 Å². The van der Waals surface area contributed by atoms with Crippen LogP contribution >= 0.6 is 11.3 Å². The second-order valence-electron chi connectivity index (χ2n) is 8.61. The Balaban J connectivity index is 1.50. The summed E-state index contributed by atoms with van der Waals surface area (Å²) in [5.41, 5.74) is 2.76. The summed E-state index contributed by atoms with van der Waals surface area (Å²) >= 11 is 1.65. The number of nitrogens with zero attached hydrogens (tertiary/aromatic N) is 5. The van der Waals surface area contributed by atoms with Crippen LogP contribution in [0.3, 0.4) is 0 Å². The SMILES string of the molecule is Cc1nc(NCc2ncccn2)nc(N[C@@H]2C[C@H](CO)C[C@H]2C)c1-c1nc2ccccc2s1. The van der Waals surface area contributed by atoms with Crippen molar-refractivity contribution in [3.8, 4) is 10.6 Å². The molecule has 0 spiro atoms. The molecule has 0 aliphatic heterocycles. The lowest BCUT2D eigenvalue weighted by Gasteiger charge is -2.21. The van der Waals surface area contributed by atoms with E-state index in [0.717, 1.165) is 45.1 Å². The average Bonchev–Trinajstić information content (AvgIpc) is 3.41. The van der Waals surface area contributed by atoms with Crippen LogP contribution in [0.15, 0.2) is 42.7 Å². The maximum absolute atomic E-state index is 9.66. The summed E-state index contributed by atoms with van der Waals surface area (Å²) in [5, 5.41) is 17.5. The van der Waals surface area contributed by atoms with Crippen molar-refractivity contribution in [3.05, 3.63) is 54.2 Å². The van der Waals surface area contributed by atoms with Gasteiger partial charge >= 0.3 is 0 Å². The quantitative estimate of drug-likeness (QED) is 0.374. The summed E-state index contributed by atoms with van der Waals surface area (Å²) < 4.78 is 1.14. The van der Waals surface area contributed by atoms with Gasteiger partial charge in [0, 0.05) is 25.0 Å². The number of fused-ring (bicyclic) bond motifs is 1. The van der Waals surface area contributed by atoms with Gasteiger partial charge in [-0.3, -0.25) is 0 Å². The first-order valence-corrected chi connectivity index (χ1v) is 12.0. The Labute approximate surface area is 196 Å². The highest BCUT2D eigenvalue weighted by molar-refractivity contribution is 7.21. The van der Waals surface area contributed by atoms with Crippen LogP contribution in [0.5, 0.6) is 0 Å². The van der Waals surface area contributed by atoms with Crippen LogP contribution in [-0.4, -0.2) is 42.7 Å². The predicted octanol–water partition coefficient (Wildman–Crippen LogP) is 4.28. The van der Waals surface area contributed by atoms with Crippen molar-refractivity contribution in [2.45, 2.75) is 39.3 Å². The minimum Gasteiger partial charge on any atom is -0.396 e. The lowest BCUT2D eigenvalue weighted by atomic mass is 10.1. The summed E-state index contributed by atoms with van der Waals surface area (Å²) in [6, 6.07) is 10.2. The molecule has 170 valence electrons. The highest BCUT2D eigenvalue weighted by Crippen LogP contribution is 2.39. The molecule has 0 unspecified atom stereocenters. The van der Waals surface area contributed by atoms with Gasteiger partial charge in [-0.25, -0.2) is 19.9 Å². The number of hydrogen-bond donors (Lipinski definition) is 3. The fourth-order valence-corrected chi connectivity index (χ4v) is 5.54. The molecule has 3 aromatic heterocycles. The highest BCUT2D eigenvalue weighted by Gasteiger charge is 2.32. The van der Waals surface area contributed by atoms with E-state index in [2.05, 4.69) is 33.6 Å². The Kier molecular flexibility index (Phi) is 6.15. The molecule has 3 N–H and O–H groups in total. The lowest BCUT2D eigenvalue weighted by Crippen LogP contribution is -2.24. The van der Waals surface area contributed by atoms with Crippen molar-refractivity contribution < 1.29 is 5.11 Å². The van der Waals surface area contributed by atoms with Gasteiger partial charge in [0.05, 0.1) is 28.0 Å². The number of aryl methyl sites for hydroxylation is 1. The molecule has 0 bridgehead atoms. The van der Waals surface area contributed by atoms with E-state index in [-0.39, 0.29) is 12.6 Å². The molecule has 5 rings (SSSR count). The van der Waals surface area contributed by atoms with Crippen molar-refractivity contribution in [2.24, 2.45) is 11.8 Å². The zero-order chi connectivity index (χ0) is 22.8. The molecule has 8 nitrogen and oxygen atoms in total. The molecule has 4 aromatic rings. The number of aliphatic hydroxyl groups is 1. The third kappa shape index (κ3) is 4.65. The van der Waals surface area contributed by atoms with Crippen molar-refractivity contribution in [1.29, 1.82) is 0 Å². The Morgan fingerprint density at radius 2 is 1.88 bits per heavy atom. The lowest BCUT2D eigenvalue weighted by molar-refractivity contribution is 0.226. The molecule has 0 radical (unpaired) electrons. The Hall–Kier alpha value is -3.17. The Bertz CT molecular complexity index is 1210. The maximum Gasteiger partial charge on any atom is 0.225 e. The summed E-state index contributed by atoms with van der Waals surface area (Å²) in [4.78, 5) is 23.0. The van der Waals surface area contributed by atoms with Crippen molar-refractivity contribution in [3.63, 3.8) is 0 Å². The van der Waals surface area contributed by atoms with E-state index >= 15 is 0 Å². The molecule has 1 aliphatic carbocycles. The first-order chi connectivity index (χ1) is 16.1. The topological polar surface area (TPSA) is 109 Å². The summed E-state index contributed by atoms with van der Waals surface area (Å²) in [7, 11) is 0. The largest absolute Gasteiger partial charge is 0.396 e. The van der Waals surface area contributed by atoms with Gasteiger partial charge < -0.3 is 15.7 Å². The molecular formula is C24H27N7OS. The second kappa shape index (κ2) is 9.36. The predicted molar refractivity (Wildman–Crippen MR) is 131 cm³/mol. The van der Waals surface area contributed by atoms with Crippen molar-refractivity contribution in [2.75, 3.05) is 17.2 Å². The van der Waals surface area contributed by atoms with E-state index in [1.807, 2.05) is 25.1 Å². The standard InChI is InChI=1S/C24H27N7OS/c1-14-10-16(13-32)11-18(14)29-22-21(23-30-17-6-3-4-7-19(17)33-23)15(2)28-24(31-22)27-12-20-25-8-5-9-26-20/h3-9,14,16,18,32H,10-13H2,1-2H3,(H2,27,28,29,31)/t14-,16-,18-/m1/s1. The van der Waals surface area contributed by atoms with Gasteiger partial charge in [0.2, 0.25) is 5.95 Å². The number of benzene rings is 1. The normalized spacial score (nSPS) is 20.3. The van der Waals surface area contributed by atoms with E-state index in [1.54, 1.807) is 29.8 Å². The van der Waals surface area contributed by atoms with Gasteiger partial charge in [-0.2, -0.15) is 4.98 Å². The Morgan fingerprint density at radius 3 is 2.64 bits per heavy atom. The first-order valence-electron chi connectivity index (χ1n) is 11.2. The number of aromatic nitrogens is 5. The molecule has 33 heavy (non-hydrogen) atoms. The van der Waals surface area contributed by atoms with Crippen LogP contribution in [0.25, 0.3) is 20.8 Å². The molecule has 0 amide bonds. The van der Waals surface area contributed by atoms with E-state index in [0.29, 0.717) is 30.2 Å². The summed E-state index contributed by atoms with van der Waals surface area (Å²) in [5.74, 6) is 2.73. The smallest absolute Gasteiger partial charge is 0.225 e. The molecule has 3 heterocycles. The van der Waals surface area contributed by atoms with Gasteiger partial charge in [0.1, 0.15) is 16.6 Å². The van der Waals surface area contributed by atoms with E-state index in [4.69, 9.17) is 15.0 Å². The zero-order valence-electron chi connectivity index (χ0n) is 18.7. The van der Waals surface area contributed by atoms with Gasteiger partial charge in [-0.15, -0.1) is 11.3 Å². The number of para-hydroxylation sites is 1. The first kappa shape index (κ1) is 21.7.